The summed E-state index contributed by atoms with van der Waals surface area (Å²) in [5, 5.41) is 0. The van der Waals surface area contributed by atoms with Gasteiger partial charge in [-0.25, -0.2) is 4.39 Å². The number of morpholine rings is 1. The number of hydrogen-bond acceptors (Lipinski definition) is 3. The van der Waals surface area contributed by atoms with Gasteiger partial charge in [-0.2, -0.15) is 0 Å². The molecule has 0 radical (unpaired) electrons. The lowest BCUT2D eigenvalue weighted by Gasteiger charge is -2.26. The van der Waals surface area contributed by atoms with Crippen molar-refractivity contribution in [2.24, 2.45) is 0 Å². The third-order valence-corrected chi connectivity index (χ3v) is 2.91. The predicted molar refractivity (Wildman–Crippen MR) is 63.9 cm³/mol. The monoisotopic (exact) mass is 239 g/mol. The van der Waals surface area contributed by atoms with Crippen LogP contribution in [0.25, 0.3) is 0 Å². The SMILES string of the molecule is Cc1cc(F)ccc1OCCN1CCOCC1. The molecule has 1 saturated heterocycles. The van der Waals surface area contributed by atoms with Crippen LogP contribution in [0.3, 0.4) is 0 Å². The summed E-state index contributed by atoms with van der Waals surface area (Å²) in [7, 11) is 0. The van der Waals surface area contributed by atoms with Gasteiger partial charge in [-0.15, -0.1) is 0 Å². The van der Waals surface area contributed by atoms with Crippen molar-refractivity contribution in [2.75, 3.05) is 39.5 Å². The number of aryl methyl sites for hydroxylation is 1. The molecule has 1 aromatic rings. The molecule has 1 aliphatic heterocycles. The summed E-state index contributed by atoms with van der Waals surface area (Å²) in [6.45, 7) is 6.91. The summed E-state index contributed by atoms with van der Waals surface area (Å²) in [5.41, 5.74) is 0.840. The number of hydrogen-bond donors (Lipinski definition) is 0. The van der Waals surface area contributed by atoms with Gasteiger partial charge in [0.05, 0.1) is 13.2 Å². The van der Waals surface area contributed by atoms with Crippen LogP contribution in [0.2, 0.25) is 0 Å². The van der Waals surface area contributed by atoms with E-state index < -0.39 is 0 Å². The second-order valence-corrected chi connectivity index (χ2v) is 4.21. The topological polar surface area (TPSA) is 21.7 Å². The minimum absolute atomic E-state index is 0.219. The number of nitrogens with zero attached hydrogens (tertiary/aromatic N) is 1. The van der Waals surface area contributed by atoms with Crippen molar-refractivity contribution in [3.8, 4) is 5.75 Å². The van der Waals surface area contributed by atoms with E-state index in [-0.39, 0.29) is 5.82 Å². The van der Waals surface area contributed by atoms with Crippen molar-refractivity contribution in [3.63, 3.8) is 0 Å². The van der Waals surface area contributed by atoms with Gasteiger partial charge < -0.3 is 9.47 Å². The van der Waals surface area contributed by atoms with Crippen LogP contribution in [-0.2, 0) is 4.74 Å². The highest BCUT2D eigenvalue weighted by molar-refractivity contribution is 5.32. The lowest BCUT2D eigenvalue weighted by Crippen LogP contribution is -2.38. The van der Waals surface area contributed by atoms with E-state index in [4.69, 9.17) is 9.47 Å². The van der Waals surface area contributed by atoms with Crippen LogP contribution < -0.4 is 4.74 Å². The van der Waals surface area contributed by atoms with Gasteiger partial charge in [0, 0.05) is 19.6 Å². The van der Waals surface area contributed by atoms with E-state index in [0.717, 1.165) is 44.2 Å². The first-order chi connectivity index (χ1) is 8.25. The van der Waals surface area contributed by atoms with Gasteiger partial charge in [-0.1, -0.05) is 0 Å². The predicted octanol–water partition coefficient (Wildman–Crippen LogP) is 1.85. The molecule has 94 valence electrons. The zero-order valence-corrected chi connectivity index (χ0v) is 10.1. The molecule has 1 fully saturated rings. The minimum Gasteiger partial charge on any atom is -0.492 e. The number of rotatable bonds is 4. The van der Waals surface area contributed by atoms with E-state index in [1.165, 1.54) is 12.1 Å². The molecule has 17 heavy (non-hydrogen) atoms. The highest BCUT2D eigenvalue weighted by Crippen LogP contribution is 2.18. The Morgan fingerprint density at radius 2 is 2.12 bits per heavy atom. The molecule has 0 bridgehead atoms. The molecule has 1 aromatic carbocycles. The highest BCUT2D eigenvalue weighted by atomic mass is 19.1. The highest BCUT2D eigenvalue weighted by Gasteiger charge is 2.10. The molecule has 4 heteroatoms. The zero-order valence-electron chi connectivity index (χ0n) is 10.1. The van der Waals surface area contributed by atoms with Gasteiger partial charge in [-0.05, 0) is 30.7 Å². The molecule has 0 saturated carbocycles. The van der Waals surface area contributed by atoms with E-state index in [1.807, 2.05) is 6.92 Å². The Hall–Kier alpha value is -1.13. The Kier molecular flexibility index (Phi) is 4.34. The molecule has 0 unspecified atom stereocenters. The molecule has 1 aliphatic rings. The second-order valence-electron chi connectivity index (χ2n) is 4.21. The summed E-state index contributed by atoms with van der Waals surface area (Å²) < 4.78 is 23.8. The minimum atomic E-state index is -0.219. The summed E-state index contributed by atoms with van der Waals surface area (Å²) in [6.07, 6.45) is 0. The largest absolute Gasteiger partial charge is 0.492 e. The smallest absolute Gasteiger partial charge is 0.123 e. The number of ether oxygens (including phenoxy) is 2. The average molecular weight is 239 g/mol. The zero-order chi connectivity index (χ0) is 12.1. The third-order valence-electron chi connectivity index (χ3n) is 2.91. The fraction of sp³-hybridized carbons (Fsp3) is 0.538. The van der Waals surface area contributed by atoms with E-state index in [2.05, 4.69) is 4.90 Å². The second kappa shape index (κ2) is 5.98. The molecule has 0 atom stereocenters. The molecule has 0 amide bonds. The van der Waals surface area contributed by atoms with Crippen LogP contribution in [0.1, 0.15) is 5.56 Å². The van der Waals surface area contributed by atoms with Crippen LogP contribution in [0.15, 0.2) is 18.2 Å². The molecule has 3 nitrogen and oxygen atoms in total. The molecule has 0 N–H and O–H groups in total. The van der Waals surface area contributed by atoms with Crippen molar-refractivity contribution in [3.05, 3.63) is 29.6 Å². The molecule has 1 heterocycles. The van der Waals surface area contributed by atoms with Crippen LogP contribution in [0.5, 0.6) is 5.75 Å². The Labute approximate surface area is 101 Å². The van der Waals surface area contributed by atoms with Gasteiger partial charge in [0.2, 0.25) is 0 Å². The van der Waals surface area contributed by atoms with Crippen molar-refractivity contribution < 1.29 is 13.9 Å². The first-order valence-electron chi connectivity index (χ1n) is 5.95. The Bertz CT molecular complexity index is 364. The first-order valence-corrected chi connectivity index (χ1v) is 5.95. The molecule has 2 rings (SSSR count). The lowest BCUT2D eigenvalue weighted by molar-refractivity contribution is 0.0322. The average Bonchev–Trinajstić information content (AvgIpc) is 2.33. The molecule has 0 spiro atoms. The number of benzene rings is 1. The Morgan fingerprint density at radius 3 is 2.82 bits per heavy atom. The van der Waals surface area contributed by atoms with Crippen LogP contribution in [0, 0.1) is 12.7 Å². The molecular weight excluding hydrogens is 221 g/mol. The van der Waals surface area contributed by atoms with Gasteiger partial charge in [-0.3, -0.25) is 4.90 Å². The Morgan fingerprint density at radius 1 is 1.35 bits per heavy atom. The van der Waals surface area contributed by atoms with Gasteiger partial charge in [0.1, 0.15) is 18.2 Å². The van der Waals surface area contributed by atoms with Gasteiger partial charge >= 0.3 is 0 Å². The fourth-order valence-corrected chi connectivity index (χ4v) is 1.88. The maximum atomic E-state index is 12.9. The van der Waals surface area contributed by atoms with Gasteiger partial charge in [0.25, 0.3) is 0 Å². The quantitative estimate of drug-likeness (QED) is 0.800. The Balaban J connectivity index is 1.77. The lowest BCUT2D eigenvalue weighted by atomic mass is 10.2. The van der Waals surface area contributed by atoms with Crippen LogP contribution in [0.4, 0.5) is 4.39 Å². The molecule has 0 aliphatic carbocycles. The first kappa shape index (κ1) is 12.3. The van der Waals surface area contributed by atoms with Crippen molar-refractivity contribution >= 4 is 0 Å². The summed E-state index contributed by atoms with van der Waals surface area (Å²) in [6, 6.07) is 4.60. The number of halogens is 1. The summed E-state index contributed by atoms with van der Waals surface area (Å²) in [5.74, 6) is 0.544. The van der Waals surface area contributed by atoms with Crippen LogP contribution in [-0.4, -0.2) is 44.4 Å². The molecule has 0 aromatic heterocycles. The van der Waals surface area contributed by atoms with Crippen molar-refractivity contribution in [2.45, 2.75) is 6.92 Å². The third kappa shape index (κ3) is 3.68. The molecular formula is C13H18FNO2. The fourth-order valence-electron chi connectivity index (χ4n) is 1.88. The van der Waals surface area contributed by atoms with E-state index in [0.29, 0.717) is 6.61 Å². The van der Waals surface area contributed by atoms with E-state index >= 15 is 0 Å². The van der Waals surface area contributed by atoms with Crippen LogP contribution >= 0.6 is 0 Å². The van der Waals surface area contributed by atoms with Gasteiger partial charge in [0.15, 0.2) is 0 Å². The van der Waals surface area contributed by atoms with E-state index in [1.54, 1.807) is 6.07 Å². The normalized spacial score (nSPS) is 17.1. The summed E-state index contributed by atoms with van der Waals surface area (Å²) >= 11 is 0. The maximum Gasteiger partial charge on any atom is 0.123 e. The van der Waals surface area contributed by atoms with Crippen molar-refractivity contribution in [1.29, 1.82) is 0 Å². The summed E-state index contributed by atoms with van der Waals surface area (Å²) in [4.78, 5) is 2.31. The standard InChI is InChI=1S/C13H18FNO2/c1-11-10-12(14)2-3-13(11)17-9-6-15-4-7-16-8-5-15/h2-3,10H,4-9H2,1H3. The van der Waals surface area contributed by atoms with E-state index in [9.17, 15) is 4.39 Å². The maximum absolute atomic E-state index is 12.9. The van der Waals surface area contributed by atoms with Crippen molar-refractivity contribution in [1.82, 2.24) is 4.90 Å².